The van der Waals surface area contributed by atoms with Crippen molar-refractivity contribution < 1.29 is 0 Å². The minimum atomic E-state index is 0.584. The van der Waals surface area contributed by atoms with Gasteiger partial charge in [-0.2, -0.15) is 0 Å². The van der Waals surface area contributed by atoms with Crippen molar-refractivity contribution in [2.24, 2.45) is 0 Å². The summed E-state index contributed by atoms with van der Waals surface area (Å²) >= 11 is 0. The Labute approximate surface area is 113 Å². The van der Waals surface area contributed by atoms with E-state index in [1.54, 1.807) is 0 Å². The quantitative estimate of drug-likeness (QED) is 0.570. The second-order valence-electron chi connectivity index (χ2n) is 5.40. The number of aryl methyl sites for hydroxylation is 1. The molecule has 0 radical (unpaired) electrons. The highest BCUT2D eigenvalue weighted by Crippen LogP contribution is 2.38. The lowest BCUT2D eigenvalue weighted by molar-refractivity contribution is 0.789. The lowest BCUT2D eigenvalue weighted by Gasteiger charge is -2.13. The molecule has 0 spiro atoms. The molecule has 19 heavy (non-hydrogen) atoms. The fraction of sp³-hybridized carbons (Fsp3) is 0.158. The smallest absolute Gasteiger partial charge is 0.00954 e. The Morgan fingerprint density at radius 1 is 0.737 bits per heavy atom. The highest BCUT2D eigenvalue weighted by molar-refractivity contribution is 5.83. The van der Waals surface area contributed by atoms with Crippen molar-refractivity contribution in [2.75, 3.05) is 0 Å². The number of fused-ring (bicyclic) bond motifs is 2. The molecule has 4 rings (SSSR count). The maximum absolute atomic E-state index is 2.36. The Kier molecular flexibility index (Phi) is 2.41. The third kappa shape index (κ3) is 1.76. The molecule has 0 saturated heterocycles. The zero-order valence-electron chi connectivity index (χ0n) is 10.8. The Morgan fingerprint density at radius 3 is 2.47 bits per heavy atom. The molecule has 0 aromatic heterocycles. The summed E-state index contributed by atoms with van der Waals surface area (Å²) in [6.45, 7) is 0. The molecule has 0 fully saturated rings. The molecule has 92 valence electrons. The van der Waals surface area contributed by atoms with E-state index in [1.807, 2.05) is 0 Å². The van der Waals surface area contributed by atoms with E-state index in [1.165, 1.54) is 40.3 Å². The number of rotatable bonds is 1. The normalized spacial score (nSPS) is 17.6. The van der Waals surface area contributed by atoms with E-state index < -0.39 is 0 Å². The monoisotopic (exact) mass is 244 g/mol. The summed E-state index contributed by atoms with van der Waals surface area (Å²) in [6.07, 6.45) is 2.46. The van der Waals surface area contributed by atoms with Crippen molar-refractivity contribution in [3.8, 4) is 0 Å². The first-order valence-electron chi connectivity index (χ1n) is 6.98. The third-order valence-corrected chi connectivity index (χ3v) is 4.31. The van der Waals surface area contributed by atoms with Crippen LogP contribution in [0, 0.1) is 0 Å². The van der Waals surface area contributed by atoms with Gasteiger partial charge in [0.05, 0.1) is 0 Å². The van der Waals surface area contributed by atoms with Crippen LogP contribution in [0.5, 0.6) is 0 Å². The van der Waals surface area contributed by atoms with Crippen molar-refractivity contribution in [2.45, 2.75) is 18.8 Å². The first-order chi connectivity index (χ1) is 9.42. The topological polar surface area (TPSA) is 0 Å². The second kappa shape index (κ2) is 4.24. The van der Waals surface area contributed by atoms with Crippen LogP contribution < -0.4 is 0 Å². The van der Waals surface area contributed by atoms with Crippen LogP contribution >= 0.6 is 0 Å². The van der Waals surface area contributed by atoms with Gasteiger partial charge in [0, 0.05) is 5.92 Å². The zero-order chi connectivity index (χ0) is 12.7. The fourth-order valence-corrected chi connectivity index (χ4v) is 3.33. The lowest BCUT2D eigenvalue weighted by atomic mass is 9.91. The molecule has 0 bridgehead atoms. The highest BCUT2D eigenvalue weighted by Gasteiger charge is 2.23. The van der Waals surface area contributed by atoms with E-state index in [0.29, 0.717) is 5.92 Å². The van der Waals surface area contributed by atoms with Gasteiger partial charge < -0.3 is 0 Å². The Balaban J connectivity index is 1.83. The minimum absolute atomic E-state index is 0.584. The van der Waals surface area contributed by atoms with Crippen molar-refractivity contribution >= 4 is 10.8 Å². The number of hydrogen-bond acceptors (Lipinski definition) is 0. The van der Waals surface area contributed by atoms with E-state index in [0.717, 1.165) is 0 Å². The predicted octanol–water partition coefficient (Wildman–Crippen LogP) is 4.92. The fourth-order valence-electron chi connectivity index (χ4n) is 3.33. The van der Waals surface area contributed by atoms with Crippen molar-refractivity contribution in [1.29, 1.82) is 0 Å². The Morgan fingerprint density at radius 2 is 1.53 bits per heavy atom. The number of hydrogen-bond donors (Lipinski definition) is 0. The average Bonchev–Trinajstić information content (AvgIpc) is 2.91. The summed E-state index contributed by atoms with van der Waals surface area (Å²) in [4.78, 5) is 0. The SMILES string of the molecule is c1ccc2c(c1)CCC2c1ccc2ccccc2c1. The van der Waals surface area contributed by atoms with Crippen molar-refractivity contribution in [1.82, 2.24) is 0 Å². The molecule has 1 aliphatic rings. The largest absolute Gasteiger partial charge is 0.0620 e. The first-order valence-corrected chi connectivity index (χ1v) is 6.98. The van der Waals surface area contributed by atoms with Crippen LogP contribution in [0.3, 0.4) is 0 Å². The van der Waals surface area contributed by atoms with Crippen LogP contribution in [0.15, 0.2) is 66.7 Å². The van der Waals surface area contributed by atoms with Crippen LogP contribution in [0.25, 0.3) is 10.8 Å². The van der Waals surface area contributed by atoms with Crippen molar-refractivity contribution in [3.63, 3.8) is 0 Å². The summed E-state index contributed by atoms with van der Waals surface area (Å²) in [5.41, 5.74) is 4.52. The van der Waals surface area contributed by atoms with E-state index in [2.05, 4.69) is 66.7 Å². The van der Waals surface area contributed by atoms with Gasteiger partial charge in [-0.1, -0.05) is 66.7 Å². The molecule has 0 aliphatic heterocycles. The van der Waals surface area contributed by atoms with Gasteiger partial charge in [0.1, 0.15) is 0 Å². The van der Waals surface area contributed by atoms with E-state index >= 15 is 0 Å². The second-order valence-corrected chi connectivity index (χ2v) is 5.40. The Hall–Kier alpha value is -2.08. The maximum atomic E-state index is 2.36. The van der Waals surface area contributed by atoms with Crippen LogP contribution in [-0.4, -0.2) is 0 Å². The van der Waals surface area contributed by atoms with Gasteiger partial charge in [-0.25, -0.2) is 0 Å². The van der Waals surface area contributed by atoms with Crippen LogP contribution in [-0.2, 0) is 6.42 Å². The Bertz CT molecular complexity index is 740. The summed E-state index contributed by atoms with van der Waals surface area (Å²) < 4.78 is 0. The van der Waals surface area contributed by atoms with Crippen LogP contribution in [0.1, 0.15) is 29.0 Å². The third-order valence-electron chi connectivity index (χ3n) is 4.31. The van der Waals surface area contributed by atoms with Gasteiger partial charge in [0.15, 0.2) is 0 Å². The standard InChI is InChI=1S/C19H16/c1-2-7-16-13-17(10-9-14(16)5-1)19-12-11-15-6-3-4-8-18(15)19/h1-10,13,19H,11-12H2. The van der Waals surface area contributed by atoms with Gasteiger partial charge in [-0.05, 0) is 40.3 Å². The lowest BCUT2D eigenvalue weighted by Crippen LogP contribution is -1.95. The zero-order valence-corrected chi connectivity index (χ0v) is 10.8. The molecule has 3 aromatic rings. The molecule has 0 amide bonds. The average molecular weight is 244 g/mol. The summed E-state index contributed by atoms with van der Waals surface area (Å²) in [7, 11) is 0. The molecule has 1 aliphatic carbocycles. The van der Waals surface area contributed by atoms with Crippen molar-refractivity contribution in [3.05, 3.63) is 83.4 Å². The van der Waals surface area contributed by atoms with Crippen LogP contribution in [0.2, 0.25) is 0 Å². The molecule has 0 heterocycles. The molecule has 1 atom stereocenters. The molecule has 0 saturated carbocycles. The molecule has 0 N–H and O–H groups in total. The predicted molar refractivity (Wildman–Crippen MR) is 80.6 cm³/mol. The van der Waals surface area contributed by atoms with Gasteiger partial charge in [0.25, 0.3) is 0 Å². The van der Waals surface area contributed by atoms with E-state index in [4.69, 9.17) is 0 Å². The summed E-state index contributed by atoms with van der Waals surface area (Å²) in [6, 6.07) is 24.4. The van der Waals surface area contributed by atoms with Gasteiger partial charge in [0.2, 0.25) is 0 Å². The molecular formula is C19H16. The maximum Gasteiger partial charge on any atom is 0.00954 e. The van der Waals surface area contributed by atoms with E-state index in [9.17, 15) is 0 Å². The van der Waals surface area contributed by atoms with Gasteiger partial charge in [-0.3, -0.25) is 0 Å². The summed E-state index contributed by atoms with van der Waals surface area (Å²) in [5, 5.41) is 2.68. The van der Waals surface area contributed by atoms with Gasteiger partial charge in [-0.15, -0.1) is 0 Å². The minimum Gasteiger partial charge on any atom is -0.0620 e. The number of benzene rings is 3. The molecule has 0 heteroatoms. The van der Waals surface area contributed by atoms with E-state index in [-0.39, 0.29) is 0 Å². The first kappa shape index (κ1) is 10.8. The molecule has 1 unspecified atom stereocenters. The highest BCUT2D eigenvalue weighted by atomic mass is 14.3. The molecule has 3 aromatic carbocycles. The van der Waals surface area contributed by atoms with Crippen LogP contribution in [0.4, 0.5) is 0 Å². The molecule has 0 nitrogen and oxygen atoms in total. The van der Waals surface area contributed by atoms with Gasteiger partial charge >= 0.3 is 0 Å². The molecular weight excluding hydrogens is 228 g/mol. The summed E-state index contributed by atoms with van der Waals surface area (Å²) in [5.74, 6) is 0.584.